The van der Waals surface area contributed by atoms with E-state index in [4.69, 9.17) is 15.3 Å². The lowest BCUT2D eigenvalue weighted by Crippen LogP contribution is -2.58. The molecule has 1 rings (SSSR count). The van der Waals surface area contributed by atoms with E-state index in [-0.39, 0.29) is 0 Å². The van der Waals surface area contributed by atoms with Crippen molar-refractivity contribution < 1.29 is 29.7 Å². The van der Waals surface area contributed by atoms with Crippen molar-refractivity contribution in [1.82, 2.24) is 0 Å². The van der Waals surface area contributed by atoms with Gasteiger partial charge >= 0.3 is 0 Å². The molecule has 0 aromatic rings. The SMILES string of the molecule is CC(=O)C1C(=O)C(O)C(O)C(O)C1=O. The van der Waals surface area contributed by atoms with Crippen LogP contribution in [0.25, 0.3) is 0 Å². The number of rotatable bonds is 1. The minimum Gasteiger partial charge on any atom is -0.387 e. The molecule has 0 aliphatic heterocycles. The summed E-state index contributed by atoms with van der Waals surface area (Å²) in [5.41, 5.74) is 0. The molecule has 2 atom stereocenters. The number of Topliss-reactive ketones (excluding diaryl/α,β-unsaturated/α-hetero) is 3. The third kappa shape index (κ3) is 1.47. The molecule has 3 N–H and O–H groups in total. The van der Waals surface area contributed by atoms with Crippen LogP contribution in [0, 0.1) is 5.92 Å². The average Bonchev–Trinajstić information content (AvgIpc) is 2.11. The summed E-state index contributed by atoms with van der Waals surface area (Å²) in [6.45, 7) is 1.01. The summed E-state index contributed by atoms with van der Waals surface area (Å²) in [6, 6.07) is 0. The molecule has 0 bridgehead atoms. The standard InChI is InChI=1S/C8H10O6/c1-2(9)3-4(10)6(12)8(14)7(13)5(3)11/h3,6-8,12-14H,1H3. The summed E-state index contributed by atoms with van der Waals surface area (Å²) in [6.07, 6.45) is -5.60. The van der Waals surface area contributed by atoms with Gasteiger partial charge in [0.05, 0.1) is 0 Å². The molecule has 78 valence electrons. The van der Waals surface area contributed by atoms with Gasteiger partial charge in [-0.1, -0.05) is 0 Å². The summed E-state index contributed by atoms with van der Waals surface area (Å²) in [5, 5.41) is 27.2. The first kappa shape index (κ1) is 11.0. The zero-order valence-corrected chi connectivity index (χ0v) is 7.38. The minimum atomic E-state index is -1.88. The first-order valence-electron chi connectivity index (χ1n) is 4.00. The number of hydrogen-bond acceptors (Lipinski definition) is 6. The van der Waals surface area contributed by atoms with Gasteiger partial charge in [-0.15, -0.1) is 0 Å². The third-order valence-corrected chi connectivity index (χ3v) is 2.21. The molecule has 0 aromatic heterocycles. The molecule has 0 aromatic carbocycles. The lowest BCUT2D eigenvalue weighted by atomic mass is 9.79. The summed E-state index contributed by atoms with van der Waals surface area (Å²) in [7, 11) is 0. The van der Waals surface area contributed by atoms with Crippen molar-refractivity contribution in [3.63, 3.8) is 0 Å². The molecule has 0 saturated heterocycles. The number of carbonyl (C=O) groups excluding carboxylic acids is 3. The van der Waals surface area contributed by atoms with Gasteiger partial charge in [0.25, 0.3) is 0 Å². The van der Waals surface area contributed by atoms with Gasteiger partial charge in [-0.2, -0.15) is 0 Å². The second-order valence-corrected chi connectivity index (χ2v) is 3.23. The molecule has 6 heteroatoms. The van der Waals surface area contributed by atoms with E-state index >= 15 is 0 Å². The van der Waals surface area contributed by atoms with Crippen molar-refractivity contribution in [2.24, 2.45) is 5.92 Å². The summed E-state index contributed by atoms with van der Waals surface area (Å²) < 4.78 is 0. The molecule has 2 unspecified atom stereocenters. The molecule has 0 spiro atoms. The fourth-order valence-corrected chi connectivity index (χ4v) is 1.39. The predicted octanol–water partition coefficient (Wildman–Crippen LogP) is -2.57. The smallest absolute Gasteiger partial charge is 0.182 e. The van der Waals surface area contributed by atoms with Crippen LogP contribution >= 0.6 is 0 Å². The van der Waals surface area contributed by atoms with Gasteiger partial charge in [-0.3, -0.25) is 14.4 Å². The fraction of sp³-hybridized carbons (Fsp3) is 0.625. The van der Waals surface area contributed by atoms with Crippen LogP contribution in [-0.4, -0.2) is 51.0 Å². The van der Waals surface area contributed by atoms with E-state index in [1.54, 1.807) is 0 Å². The monoisotopic (exact) mass is 202 g/mol. The number of aliphatic hydroxyl groups is 3. The largest absolute Gasteiger partial charge is 0.387 e. The van der Waals surface area contributed by atoms with Crippen molar-refractivity contribution in [2.45, 2.75) is 25.2 Å². The number of aliphatic hydroxyl groups excluding tert-OH is 3. The van der Waals surface area contributed by atoms with Crippen LogP contribution in [-0.2, 0) is 14.4 Å². The molecule has 0 radical (unpaired) electrons. The van der Waals surface area contributed by atoms with Gasteiger partial charge in [-0.05, 0) is 6.92 Å². The van der Waals surface area contributed by atoms with E-state index in [1.807, 2.05) is 0 Å². The molecule has 1 fully saturated rings. The van der Waals surface area contributed by atoms with Crippen LogP contribution in [0.4, 0.5) is 0 Å². The maximum Gasteiger partial charge on any atom is 0.182 e. The number of carbonyl (C=O) groups is 3. The highest BCUT2D eigenvalue weighted by atomic mass is 16.4. The van der Waals surface area contributed by atoms with E-state index in [1.165, 1.54) is 0 Å². The van der Waals surface area contributed by atoms with Crippen molar-refractivity contribution in [2.75, 3.05) is 0 Å². The van der Waals surface area contributed by atoms with Gasteiger partial charge in [-0.25, -0.2) is 0 Å². The van der Waals surface area contributed by atoms with Gasteiger partial charge in [0, 0.05) is 0 Å². The second-order valence-electron chi connectivity index (χ2n) is 3.23. The normalized spacial score (nSPS) is 38.6. The Labute approximate surface area is 79.2 Å². The van der Waals surface area contributed by atoms with Crippen molar-refractivity contribution >= 4 is 17.3 Å². The molecule has 6 nitrogen and oxygen atoms in total. The van der Waals surface area contributed by atoms with Crippen LogP contribution in [0.3, 0.4) is 0 Å². The van der Waals surface area contributed by atoms with Crippen LogP contribution in [0.1, 0.15) is 6.92 Å². The highest BCUT2D eigenvalue weighted by Gasteiger charge is 2.49. The average molecular weight is 202 g/mol. The first-order valence-corrected chi connectivity index (χ1v) is 4.00. The number of ketones is 3. The zero-order valence-electron chi connectivity index (χ0n) is 7.38. The third-order valence-electron chi connectivity index (χ3n) is 2.21. The highest BCUT2D eigenvalue weighted by Crippen LogP contribution is 2.19. The topological polar surface area (TPSA) is 112 Å². The lowest BCUT2D eigenvalue weighted by molar-refractivity contribution is -0.166. The Hall–Kier alpha value is -1.11. The van der Waals surface area contributed by atoms with Crippen LogP contribution < -0.4 is 0 Å². The Morgan fingerprint density at radius 3 is 1.71 bits per heavy atom. The fourth-order valence-electron chi connectivity index (χ4n) is 1.39. The van der Waals surface area contributed by atoms with Gasteiger partial charge in [0.2, 0.25) is 0 Å². The maximum atomic E-state index is 11.2. The molecule has 14 heavy (non-hydrogen) atoms. The Bertz CT molecular complexity index is 274. The Balaban J connectivity index is 3.04. The summed E-state index contributed by atoms with van der Waals surface area (Å²) >= 11 is 0. The van der Waals surface area contributed by atoms with E-state index in [0.717, 1.165) is 6.92 Å². The second kappa shape index (κ2) is 3.56. The lowest BCUT2D eigenvalue weighted by Gasteiger charge is -2.30. The maximum absolute atomic E-state index is 11.2. The number of hydrogen-bond donors (Lipinski definition) is 3. The van der Waals surface area contributed by atoms with Crippen LogP contribution in [0.2, 0.25) is 0 Å². The Morgan fingerprint density at radius 2 is 1.43 bits per heavy atom. The molecule has 1 saturated carbocycles. The summed E-state index contributed by atoms with van der Waals surface area (Å²) in [4.78, 5) is 33.2. The molecular weight excluding hydrogens is 192 g/mol. The van der Waals surface area contributed by atoms with E-state index in [2.05, 4.69) is 0 Å². The van der Waals surface area contributed by atoms with Crippen LogP contribution in [0.15, 0.2) is 0 Å². The van der Waals surface area contributed by atoms with Gasteiger partial charge in [0.15, 0.2) is 11.6 Å². The van der Waals surface area contributed by atoms with Crippen LogP contribution in [0.5, 0.6) is 0 Å². The Morgan fingerprint density at radius 1 is 1.07 bits per heavy atom. The quantitative estimate of drug-likeness (QED) is 0.403. The van der Waals surface area contributed by atoms with Crippen molar-refractivity contribution in [3.8, 4) is 0 Å². The highest BCUT2D eigenvalue weighted by molar-refractivity contribution is 6.22. The molecule has 1 aliphatic carbocycles. The molecule has 0 heterocycles. The van der Waals surface area contributed by atoms with Crippen molar-refractivity contribution in [3.05, 3.63) is 0 Å². The van der Waals surface area contributed by atoms with E-state index < -0.39 is 41.6 Å². The molecule has 1 aliphatic rings. The molecule has 0 amide bonds. The van der Waals surface area contributed by atoms with E-state index in [0.29, 0.717) is 0 Å². The van der Waals surface area contributed by atoms with E-state index in [9.17, 15) is 14.4 Å². The van der Waals surface area contributed by atoms with Gasteiger partial charge < -0.3 is 15.3 Å². The summed E-state index contributed by atoms with van der Waals surface area (Å²) in [5.74, 6) is -4.51. The van der Waals surface area contributed by atoms with Crippen molar-refractivity contribution in [1.29, 1.82) is 0 Å². The predicted molar refractivity (Wildman–Crippen MR) is 42.2 cm³/mol. The Kier molecular flexibility index (Phi) is 2.79. The zero-order chi connectivity index (χ0) is 11.0. The molecular formula is C8H10O6. The first-order chi connectivity index (χ1) is 6.37. The minimum absolute atomic E-state index is 0.745. The van der Waals surface area contributed by atoms with Gasteiger partial charge in [0.1, 0.15) is 30.0 Å².